The smallest absolute Gasteiger partial charge is 0.326 e. The largest absolute Gasteiger partial charge is 0.480 e. The molecule has 1 aliphatic rings. The molecular formula is C16H21NO3. The highest BCUT2D eigenvalue weighted by atomic mass is 16.4. The topological polar surface area (TPSA) is 57.6 Å². The number of nitrogens with zero attached hydrogens (tertiary/aromatic N) is 1. The Balaban J connectivity index is 2.17. The third kappa shape index (κ3) is 3.00. The van der Waals surface area contributed by atoms with Gasteiger partial charge in [-0.25, -0.2) is 4.79 Å². The van der Waals surface area contributed by atoms with Gasteiger partial charge in [0.1, 0.15) is 6.04 Å². The molecule has 1 aliphatic carbocycles. The molecule has 0 bridgehead atoms. The van der Waals surface area contributed by atoms with Crippen LogP contribution in [0.4, 0.5) is 0 Å². The molecule has 1 aromatic carbocycles. The van der Waals surface area contributed by atoms with E-state index in [0.29, 0.717) is 6.54 Å². The third-order valence-electron chi connectivity index (χ3n) is 4.12. The summed E-state index contributed by atoms with van der Waals surface area (Å²) in [5, 5.41) is 9.22. The summed E-state index contributed by atoms with van der Waals surface area (Å²) >= 11 is 0. The van der Waals surface area contributed by atoms with E-state index in [1.54, 1.807) is 6.92 Å². The molecule has 1 fully saturated rings. The van der Waals surface area contributed by atoms with E-state index >= 15 is 0 Å². The highest BCUT2D eigenvalue weighted by Gasteiger charge is 2.52. The zero-order chi connectivity index (χ0) is 14.9. The zero-order valence-electron chi connectivity index (χ0n) is 12.2. The number of amides is 1. The molecule has 4 heteroatoms. The molecule has 2 rings (SSSR count). The molecule has 2 atom stereocenters. The van der Waals surface area contributed by atoms with Crippen molar-refractivity contribution in [3.63, 3.8) is 0 Å². The highest BCUT2D eigenvalue weighted by molar-refractivity contribution is 5.87. The van der Waals surface area contributed by atoms with Crippen LogP contribution in [0.15, 0.2) is 30.3 Å². The maximum atomic E-state index is 12.5. The van der Waals surface area contributed by atoms with Gasteiger partial charge in [-0.1, -0.05) is 44.2 Å². The normalized spacial score (nSPS) is 21.1. The van der Waals surface area contributed by atoms with Crippen molar-refractivity contribution in [3.8, 4) is 0 Å². The Morgan fingerprint density at radius 3 is 2.35 bits per heavy atom. The summed E-state index contributed by atoms with van der Waals surface area (Å²) in [4.78, 5) is 25.3. The molecule has 1 amide bonds. The van der Waals surface area contributed by atoms with Crippen LogP contribution in [0.1, 0.15) is 32.8 Å². The quantitative estimate of drug-likeness (QED) is 0.898. The fourth-order valence-corrected chi connectivity index (χ4v) is 2.41. The van der Waals surface area contributed by atoms with Gasteiger partial charge in [0.15, 0.2) is 0 Å². The SMILES string of the molecule is CC(C(=O)O)N(Cc1ccccc1)C(=O)[C@H]1CC1(C)C. The van der Waals surface area contributed by atoms with Crippen LogP contribution in [0.25, 0.3) is 0 Å². The van der Waals surface area contributed by atoms with Gasteiger partial charge in [0.05, 0.1) is 0 Å². The molecule has 1 aromatic rings. The van der Waals surface area contributed by atoms with E-state index in [2.05, 4.69) is 0 Å². The number of carbonyl (C=O) groups excluding carboxylic acids is 1. The minimum absolute atomic E-state index is 0.00421. The Kier molecular flexibility index (Phi) is 3.84. The Labute approximate surface area is 119 Å². The van der Waals surface area contributed by atoms with Crippen LogP contribution >= 0.6 is 0 Å². The third-order valence-corrected chi connectivity index (χ3v) is 4.12. The van der Waals surface area contributed by atoms with E-state index in [1.165, 1.54) is 4.90 Å². The molecule has 0 aliphatic heterocycles. The van der Waals surface area contributed by atoms with Crippen LogP contribution in [-0.2, 0) is 16.1 Å². The summed E-state index contributed by atoms with van der Waals surface area (Å²) in [6.45, 7) is 6.00. The molecular weight excluding hydrogens is 254 g/mol. The second kappa shape index (κ2) is 5.27. The molecule has 0 saturated heterocycles. The van der Waals surface area contributed by atoms with Crippen LogP contribution in [0.5, 0.6) is 0 Å². The molecule has 20 heavy (non-hydrogen) atoms. The summed E-state index contributed by atoms with van der Waals surface area (Å²) < 4.78 is 0. The fraction of sp³-hybridized carbons (Fsp3) is 0.500. The number of carboxylic acid groups (broad SMARTS) is 1. The molecule has 4 nitrogen and oxygen atoms in total. The van der Waals surface area contributed by atoms with E-state index in [-0.39, 0.29) is 17.2 Å². The number of aliphatic carboxylic acids is 1. The lowest BCUT2D eigenvalue weighted by Gasteiger charge is -2.27. The summed E-state index contributed by atoms with van der Waals surface area (Å²) in [5.74, 6) is -1.06. The van der Waals surface area contributed by atoms with Gasteiger partial charge in [-0.3, -0.25) is 4.79 Å². The van der Waals surface area contributed by atoms with Crippen molar-refractivity contribution in [1.29, 1.82) is 0 Å². The maximum absolute atomic E-state index is 12.5. The second-order valence-corrected chi connectivity index (χ2v) is 6.21. The van der Waals surface area contributed by atoms with Gasteiger partial charge in [-0.05, 0) is 24.3 Å². The number of carboxylic acids is 1. The van der Waals surface area contributed by atoms with Gasteiger partial charge in [0.2, 0.25) is 5.91 Å². The molecule has 1 saturated carbocycles. The van der Waals surface area contributed by atoms with Crippen molar-refractivity contribution >= 4 is 11.9 Å². The van der Waals surface area contributed by atoms with Gasteiger partial charge < -0.3 is 10.0 Å². The number of hydrogen-bond acceptors (Lipinski definition) is 2. The van der Waals surface area contributed by atoms with Gasteiger partial charge >= 0.3 is 5.97 Å². The van der Waals surface area contributed by atoms with Crippen molar-refractivity contribution in [2.24, 2.45) is 11.3 Å². The first-order chi connectivity index (χ1) is 9.33. The van der Waals surface area contributed by atoms with Crippen LogP contribution in [0, 0.1) is 11.3 Å². The van der Waals surface area contributed by atoms with Crippen molar-refractivity contribution < 1.29 is 14.7 Å². The summed E-state index contributed by atoms with van der Waals surface area (Å²) in [5.41, 5.74) is 0.956. The Morgan fingerprint density at radius 2 is 1.90 bits per heavy atom. The van der Waals surface area contributed by atoms with Gasteiger partial charge in [-0.15, -0.1) is 0 Å². The van der Waals surface area contributed by atoms with Crippen LogP contribution < -0.4 is 0 Å². The molecule has 1 N–H and O–H groups in total. The zero-order valence-corrected chi connectivity index (χ0v) is 12.2. The molecule has 0 aromatic heterocycles. The van der Waals surface area contributed by atoms with Crippen molar-refractivity contribution in [3.05, 3.63) is 35.9 Å². The monoisotopic (exact) mass is 275 g/mol. The second-order valence-electron chi connectivity index (χ2n) is 6.21. The lowest BCUT2D eigenvalue weighted by molar-refractivity contribution is -0.150. The van der Waals surface area contributed by atoms with E-state index in [0.717, 1.165) is 12.0 Å². The number of carbonyl (C=O) groups is 2. The molecule has 108 valence electrons. The number of rotatable bonds is 5. The average molecular weight is 275 g/mol. The van der Waals surface area contributed by atoms with E-state index in [9.17, 15) is 14.7 Å². The maximum Gasteiger partial charge on any atom is 0.326 e. The van der Waals surface area contributed by atoms with Crippen molar-refractivity contribution in [2.75, 3.05) is 0 Å². The summed E-state index contributed by atoms with van der Waals surface area (Å²) in [6, 6.07) is 8.70. The first kappa shape index (κ1) is 14.6. The Bertz CT molecular complexity index is 510. The minimum atomic E-state index is -0.965. The Hall–Kier alpha value is -1.84. The van der Waals surface area contributed by atoms with Gasteiger partial charge in [-0.2, -0.15) is 0 Å². The standard InChI is InChI=1S/C16H21NO3/c1-11(15(19)20)17(10-12-7-5-4-6-8-12)14(18)13-9-16(13,2)3/h4-8,11,13H,9-10H2,1-3H3,(H,19,20)/t11?,13-/m1/s1. The molecule has 0 heterocycles. The predicted octanol–water partition coefficient (Wildman–Crippen LogP) is 2.53. The first-order valence-corrected chi connectivity index (χ1v) is 6.90. The minimum Gasteiger partial charge on any atom is -0.480 e. The summed E-state index contributed by atoms with van der Waals surface area (Å²) in [7, 11) is 0. The lowest BCUT2D eigenvalue weighted by atomic mass is 10.1. The van der Waals surface area contributed by atoms with Crippen LogP contribution in [0.3, 0.4) is 0 Å². The fourth-order valence-electron chi connectivity index (χ4n) is 2.41. The number of benzene rings is 1. The first-order valence-electron chi connectivity index (χ1n) is 6.90. The molecule has 1 unspecified atom stereocenters. The lowest BCUT2D eigenvalue weighted by Crippen LogP contribution is -2.44. The highest BCUT2D eigenvalue weighted by Crippen LogP contribution is 2.52. The summed E-state index contributed by atoms with van der Waals surface area (Å²) in [6.07, 6.45) is 0.837. The van der Waals surface area contributed by atoms with Gasteiger partial charge in [0, 0.05) is 12.5 Å². The van der Waals surface area contributed by atoms with E-state index < -0.39 is 12.0 Å². The van der Waals surface area contributed by atoms with Crippen molar-refractivity contribution in [1.82, 2.24) is 4.90 Å². The molecule has 0 spiro atoms. The Morgan fingerprint density at radius 1 is 1.35 bits per heavy atom. The predicted molar refractivity (Wildman–Crippen MR) is 76.0 cm³/mol. The van der Waals surface area contributed by atoms with Gasteiger partial charge in [0.25, 0.3) is 0 Å². The van der Waals surface area contributed by atoms with Crippen LogP contribution in [-0.4, -0.2) is 27.9 Å². The van der Waals surface area contributed by atoms with Crippen molar-refractivity contribution in [2.45, 2.75) is 39.8 Å². The number of hydrogen-bond donors (Lipinski definition) is 1. The average Bonchev–Trinajstić information content (AvgIpc) is 3.04. The van der Waals surface area contributed by atoms with E-state index in [4.69, 9.17) is 0 Å². The molecule has 0 radical (unpaired) electrons. The van der Waals surface area contributed by atoms with Crippen LogP contribution in [0.2, 0.25) is 0 Å². The van der Waals surface area contributed by atoms with E-state index in [1.807, 2.05) is 44.2 Å².